The van der Waals surface area contributed by atoms with Gasteiger partial charge in [0.25, 0.3) is 0 Å². The molecule has 112 valence electrons. The van der Waals surface area contributed by atoms with Crippen LogP contribution in [-0.2, 0) is 6.54 Å². The minimum absolute atomic E-state index is 0.681. The van der Waals surface area contributed by atoms with Crippen LogP contribution in [0, 0.1) is 5.92 Å². The molecule has 1 atom stereocenters. The Morgan fingerprint density at radius 1 is 1.40 bits per heavy atom. The standard InChI is InChI=1S/C17H28N2O/c1-14(2)11-18-12-16-7-5-9-19(16)13-15-6-4-8-17(10-15)20-3/h4,6,8,10,14,16,18H,5,7,9,11-13H2,1-3H3. The average molecular weight is 276 g/mol. The van der Waals surface area contributed by atoms with Crippen molar-refractivity contribution in [3.63, 3.8) is 0 Å². The van der Waals surface area contributed by atoms with Crippen LogP contribution in [0.25, 0.3) is 0 Å². The van der Waals surface area contributed by atoms with Crippen molar-refractivity contribution in [3.05, 3.63) is 29.8 Å². The first-order valence-corrected chi connectivity index (χ1v) is 7.76. The molecule has 1 saturated heterocycles. The maximum absolute atomic E-state index is 5.31. The summed E-state index contributed by atoms with van der Waals surface area (Å²) in [4.78, 5) is 2.60. The lowest BCUT2D eigenvalue weighted by Gasteiger charge is -2.25. The van der Waals surface area contributed by atoms with Crippen LogP contribution in [0.15, 0.2) is 24.3 Å². The Morgan fingerprint density at radius 3 is 3.00 bits per heavy atom. The van der Waals surface area contributed by atoms with Gasteiger partial charge in [-0.3, -0.25) is 4.90 Å². The first kappa shape index (κ1) is 15.3. The molecule has 1 N–H and O–H groups in total. The fourth-order valence-corrected chi connectivity index (χ4v) is 2.88. The zero-order valence-electron chi connectivity index (χ0n) is 13.1. The van der Waals surface area contributed by atoms with Crippen molar-refractivity contribution in [2.24, 2.45) is 5.92 Å². The number of ether oxygens (including phenoxy) is 1. The Hall–Kier alpha value is -1.06. The van der Waals surface area contributed by atoms with Gasteiger partial charge in [-0.15, -0.1) is 0 Å². The van der Waals surface area contributed by atoms with E-state index in [1.54, 1.807) is 7.11 Å². The predicted octanol–water partition coefficient (Wildman–Crippen LogP) is 2.91. The molecule has 0 aliphatic carbocycles. The van der Waals surface area contributed by atoms with E-state index in [-0.39, 0.29) is 0 Å². The van der Waals surface area contributed by atoms with Crippen LogP contribution < -0.4 is 10.1 Å². The van der Waals surface area contributed by atoms with Gasteiger partial charge >= 0.3 is 0 Å². The molecule has 1 aromatic carbocycles. The summed E-state index contributed by atoms with van der Waals surface area (Å²) in [6.07, 6.45) is 2.63. The van der Waals surface area contributed by atoms with Crippen molar-refractivity contribution in [2.75, 3.05) is 26.7 Å². The van der Waals surface area contributed by atoms with Crippen LogP contribution in [0.2, 0.25) is 0 Å². The third-order valence-corrected chi connectivity index (χ3v) is 3.95. The van der Waals surface area contributed by atoms with Gasteiger partial charge in [-0.25, -0.2) is 0 Å². The van der Waals surface area contributed by atoms with E-state index in [4.69, 9.17) is 4.74 Å². The second-order valence-corrected chi connectivity index (χ2v) is 6.17. The molecule has 1 heterocycles. The number of hydrogen-bond donors (Lipinski definition) is 1. The van der Waals surface area contributed by atoms with E-state index in [0.29, 0.717) is 6.04 Å². The van der Waals surface area contributed by atoms with Crippen LogP contribution in [0.1, 0.15) is 32.3 Å². The van der Waals surface area contributed by atoms with Gasteiger partial charge in [-0.1, -0.05) is 26.0 Å². The summed E-state index contributed by atoms with van der Waals surface area (Å²) in [6, 6.07) is 9.11. The Morgan fingerprint density at radius 2 is 2.25 bits per heavy atom. The molecule has 1 aliphatic rings. The summed E-state index contributed by atoms with van der Waals surface area (Å²) < 4.78 is 5.31. The highest BCUT2D eigenvalue weighted by Crippen LogP contribution is 2.21. The molecule has 1 fully saturated rings. The smallest absolute Gasteiger partial charge is 0.119 e. The lowest BCUT2D eigenvalue weighted by molar-refractivity contribution is 0.237. The number of hydrogen-bond acceptors (Lipinski definition) is 3. The molecule has 3 heteroatoms. The second-order valence-electron chi connectivity index (χ2n) is 6.17. The van der Waals surface area contributed by atoms with E-state index in [1.807, 2.05) is 6.07 Å². The molecule has 0 amide bonds. The number of methoxy groups -OCH3 is 1. The van der Waals surface area contributed by atoms with Gasteiger partial charge in [0, 0.05) is 19.1 Å². The maximum atomic E-state index is 5.31. The third kappa shape index (κ3) is 4.50. The van der Waals surface area contributed by atoms with Gasteiger partial charge in [-0.05, 0) is 49.5 Å². The Kier molecular flexibility index (Phi) is 5.86. The van der Waals surface area contributed by atoms with Crippen LogP contribution >= 0.6 is 0 Å². The molecular weight excluding hydrogens is 248 g/mol. The van der Waals surface area contributed by atoms with E-state index in [0.717, 1.165) is 31.3 Å². The highest BCUT2D eigenvalue weighted by Gasteiger charge is 2.24. The first-order valence-electron chi connectivity index (χ1n) is 7.76. The average Bonchev–Trinajstić information content (AvgIpc) is 2.86. The molecule has 2 rings (SSSR count). The minimum atomic E-state index is 0.681. The summed E-state index contributed by atoms with van der Waals surface area (Å²) in [5, 5.41) is 3.60. The molecule has 3 nitrogen and oxygen atoms in total. The lowest BCUT2D eigenvalue weighted by Crippen LogP contribution is -2.38. The van der Waals surface area contributed by atoms with Gasteiger partial charge in [0.05, 0.1) is 7.11 Å². The molecule has 20 heavy (non-hydrogen) atoms. The maximum Gasteiger partial charge on any atom is 0.119 e. The molecule has 1 unspecified atom stereocenters. The molecule has 0 aromatic heterocycles. The van der Waals surface area contributed by atoms with Crippen LogP contribution in [0.3, 0.4) is 0 Å². The van der Waals surface area contributed by atoms with Crippen LogP contribution in [0.5, 0.6) is 5.75 Å². The fraction of sp³-hybridized carbons (Fsp3) is 0.647. The van der Waals surface area contributed by atoms with Gasteiger partial charge in [0.2, 0.25) is 0 Å². The van der Waals surface area contributed by atoms with E-state index < -0.39 is 0 Å². The minimum Gasteiger partial charge on any atom is -0.497 e. The van der Waals surface area contributed by atoms with Gasteiger partial charge in [0.15, 0.2) is 0 Å². The molecule has 1 aromatic rings. The monoisotopic (exact) mass is 276 g/mol. The molecule has 1 aliphatic heterocycles. The van der Waals surface area contributed by atoms with Gasteiger partial charge < -0.3 is 10.1 Å². The van der Waals surface area contributed by atoms with E-state index >= 15 is 0 Å². The fourth-order valence-electron chi connectivity index (χ4n) is 2.88. The lowest BCUT2D eigenvalue weighted by atomic mass is 10.1. The Balaban J connectivity index is 1.86. The molecule has 0 bridgehead atoms. The summed E-state index contributed by atoms with van der Waals surface area (Å²) in [5.41, 5.74) is 1.35. The quantitative estimate of drug-likeness (QED) is 0.829. The summed E-state index contributed by atoms with van der Waals surface area (Å²) >= 11 is 0. The predicted molar refractivity (Wildman–Crippen MR) is 84.1 cm³/mol. The SMILES string of the molecule is COc1cccc(CN2CCCC2CNCC(C)C)c1. The van der Waals surface area contributed by atoms with Gasteiger partial charge in [-0.2, -0.15) is 0 Å². The van der Waals surface area contributed by atoms with Gasteiger partial charge in [0.1, 0.15) is 5.75 Å². The summed E-state index contributed by atoms with van der Waals surface area (Å²) in [6.45, 7) is 8.99. The van der Waals surface area contributed by atoms with E-state index in [1.165, 1.54) is 24.9 Å². The summed E-state index contributed by atoms with van der Waals surface area (Å²) in [5.74, 6) is 1.68. The van der Waals surface area contributed by atoms with Crippen molar-refractivity contribution < 1.29 is 4.74 Å². The normalized spacial score (nSPS) is 19.7. The van der Waals surface area contributed by atoms with E-state index in [9.17, 15) is 0 Å². The highest BCUT2D eigenvalue weighted by molar-refractivity contribution is 5.28. The topological polar surface area (TPSA) is 24.5 Å². The second kappa shape index (κ2) is 7.65. The largest absolute Gasteiger partial charge is 0.497 e. The van der Waals surface area contributed by atoms with Crippen molar-refractivity contribution >= 4 is 0 Å². The third-order valence-electron chi connectivity index (χ3n) is 3.95. The highest BCUT2D eigenvalue weighted by atomic mass is 16.5. The summed E-state index contributed by atoms with van der Waals surface area (Å²) in [7, 11) is 1.73. The van der Waals surface area contributed by atoms with E-state index in [2.05, 4.69) is 42.3 Å². The van der Waals surface area contributed by atoms with Crippen molar-refractivity contribution in [3.8, 4) is 5.75 Å². The molecule has 0 saturated carbocycles. The number of nitrogens with zero attached hydrogens (tertiary/aromatic N) is 1. The van der Waals surface area contributed by atoms with Crippen molar-refractivity contribution in [1.29, 1.82) is 0 Å². The Bertz CT molecular complexity index is 406. The van der Waals surface area contributed by atoms with Crippen LogP contribution in [0.4, 0.5) is 0 Å². The number of likely N-dealkylation sites (tertiary alicyclic amines) is 1. The van der Waals surface area contributed by atoms with Crippen molar-refractivity contribution in [1.82, 2.24) is 10.2 Å². The molecular formula is C17H28N2O. The number of rotatable bonds is 7. The number of benzene rings is 1. The zero-order chi connectivity index (χ0) is 14.4. The zero-order valence-corrected chi connectivity index (χ0v) is 13.1. The Labute approximate surface area is 123 Å². The molecule has 0 spiro atoms. The van der Waals surface area contributed by atoms with Crippen LogP contribution in [-0.4, -0.2) is 37.7 Å². The number of nitrogens with one attached hydrogen (secondary N) is 1. The first-order chi connectivity index (χ1) is 9.69. The van der Waals surface area contributed by atoms with Crippen molar-refractivity contribution in [2.45, 2.75) is 39.3 Å². The molecule has 0 radical (unpaired) electrons.